The Labute approximate surface area is 192 Å². The summed E-state index contributed by atoms with van der Waals surface area (Å²) in [6.07, 6.45) is 16.4. The highest BCUT2D eigenvalue weighted by atomic mass is 79.9. The molecule has 2 unspecified atom stereocenters. The summed E-state index contributed by atoms with van der Waals surface area (Å²) in [7, 11) is 0. The van der Waals surface area contributed by atoms with E-state index >= 15 is 0 Å². The molecular weight excluding hydrogens is 436 g/mol. The monoisotopic (exact) mass is 476 g/mol. The molecule has 0 saturated heterocycles. The Kier molecular flexibility index (Phi) is 7.51. The SMILES string of the molecule is C[C@]12CC[C@@H]3c4ccc(O)cc4CC(CCCCCCCCCBr)[C@H]3[C@@H]1CCC2O. The number of phenols is 1. The lowest BCUT2D eigenvalue weighted by Gasteiger charge is -2.53. The average Bonchev–Trinajstić information content (AvgIpc) is 3.04. The van der Waals surface area contributed by atoms with E-state index in [0.29, 0.717) is 23.5 Å². The topological polar surface area (TPSA) is 40.5 Å². The van der Waals surface area contributed by atoms with E-state index in [1.54, 1.807) is 0 Å². The predicted molar refractivity (Wildman–Crippen MR) is 128 cm³/mol. The fraction of sp³-hybridized carbons (Fsp3) is 0.778. The maximum Gasteiger partial charge on any atom is 0.115 e. The maximum absolute atomic E-state index is 10.8. The first-order valence-corrected chi connectivity index (χ1v) is 13.7. The minimum atomic E-state index is -0.107. The second-order valence-corrected chi connectivity index (χ2v) is 11.5. The zero-order valence-electron chi connectivity index (χ0n) is 18.8. The fourth-order valence-electron chi connectivity index (χ4n) is 7.42. The Morgan fingerprint density at radius 2 is 1.73 bits per heavy atom. The molecule has 4 rings (SSSR count). The number of benzene rings is 1. The highest BCUT2D eigenvalue weighted by Crippen LogP contribution is 2.62. The van der Waals surface area contributed by atoms with Gasteiger partial charge in [0.05, 0.1) is 6.10 Å². The number of rotatable bonds is 9. The summed E-state index contributed by atoms with van der Waals surface area (Å²) in [5.41, 5.74) is 3.03. The van der Waals surface area contributed by atoms with Gasteiger partial charge >= 0.3 is 0 Å². The minimum absolute atomic E-state index is 0.107. The molecule has 0 radical (unpaired) electrons. The third kappa shape index (κ3) is 4.49. The zero-order valence-corrected chi connectivity index (χ0v) is 20.4. The van der Waals surface area contributed by atoms with Gasteiger partial charge in [-0.05, 0) is 97.3 Å². The number of phenolic OH excluding ortho intramolecular Hbond substituents is 1. The van der Waals surface area contributed by atoms with Gasteiger partial charge in [-0.3, -0.25) is 0 Å². The molecule has 0 bridgehead atoms. The highest BCUT2D eigenvalue weighted by molar-refractivity contribution is 9.09. The van der Waals surface area contributed by atoms with E-state index in [1.807, 2.05) is 12.1 Å². The lowest BCUT2D eigenvalue weighted by Crippen LogP contribution is -2.47. The van der Waals surface area contributed by atoms with Crippen LogP contribution < -0.4 is 0 Å². The van der Waals surface area contributed by atoms with Crippen molar-refractivity contribution >= 4 is 15.9 Å². The number of fused-ring (bicyclic) bond motifs is 5. The molecule has 6 atom stereocenters. The van der Waals surface area contributed by atoms with Crippen LogP contribution in [0, 0.1) is 23.2 Å². The second-order valence-electron chi connectivity index (χ2n) is 10.7. The zero-order chi connectivity index (χ0) is 21.1. The summed E-state index contributed by atoms with van der Waals surface area (Å²) in [5, 5.41) is 22.0. The standard InChI is InChI=1S/C27H41BrO2/c1-27-15-14-23-22-11-10-21(29)18-20(22)17-19(26(23)24(27)12-13-25(27)30)9-7-5-3-2-4-6-8-16-28/h10-11,18-19,23-26,29-30H,2-9,12-17H2,1H3/t19?,23-,24+,25?,26-,27+/m1/s1. The van der Waals surface area contributed by atoms with Crippen LogP contribution in [-0.2, 0) is 6.42 Å². The molecule has 3 aliphatic rings. The molecule has 0 spiro atoms. The third-order valence-electron chi connectivity index (χ3n) is 9.04. The molecule has 0 amide bonds. The summed E-state index contributed by atoms with van der Waals surface area (Å²) in [6.45, 7) is 2.38. The van der Waals surface area contributed by atoms with Crippen LogP contribution in [0.3, 0.4) is 0 Å². The van der Waals surface area contributed by atoms with Crippen molar-refractivity contribution < 1.29 is 10.2 Å². The van der Waals surface area contributed by atoms with Gasteiger partial charge in [0, 0.05) is 5.33 Å². The van der Waals surface area contributed by atoms with E-state index in [0.717, 1.165) is 30.5 Å². The normalized spacial score (nSPS) is 35.0. The molecule has 2 N–H and O–H groups in total. The number of halogens is 1. The smallest absolute Gasteiger partial charge is 0.115 e. The Morgan fingerprint density at radius 3 is 2.50 bits per heavy atom. The number of alkyl halides is 1. The predicted octanol–water partition coefficient (Wildman–Crippen LogP) is 7.35. The van der Waals surface area contributed by atoms with Crippen molar-refractivity contribution in [2.24, 2.45) is 23.2 Å². The molecule has 3 aliphatic carbocycles. The number of unbranched alkanes of at least 4 members (excludes halogenated alkanes) is 6. The van der Waals surface area contributed by atoms with Gasteiger partial charge in [-0.1, -0.05) is 67.4 Å². The Morgan fingerprint density at radius 1 is 1.00 bits per heavy atom. The van der Waals surface area contributed by atoms with Gasteiger partial charge in [-0.2, -0.15) is 0 Å². The number of aliphatic hydroxyl groups is 1. The van der Waals surface area contributed by atoms with Gasteiger partial charge in [-0.15, -0.1) is 0 Å². The van der Waals surface area contributed by atoms with Gasteiger partial charge in [0.15, 0.2) is 0 Å². The van der Waals surface area contributed by atoms with Crippen LogP contribution in [0.2, 0.25) is 0 Å². The van der Waals surface area contributed by atoms with Crippen LogP contribution >= 0.6 is 15.9 Å². The highest BCUT2D eigenvalue weighted by Gasteiger charge is 2.56. The molecule has 1 aromatic carbocycles. The van der Waals surface area contributed by atoms with E-state index in [4.69, 9.17) is 0 Å². The van der Waals surface area contributed by atoms with Crippen LogP contribution in [0.4, 0.5) is 0 Å². The van der Waals surface area contributed by atoms with Crippen molar-refractivity contribution in [1.82, 2.24) is 0 Å². The van der Waals surface area contributed by atoms with Crippen LogP contribution in [0.15, 0.2) is 18.2 Å². The van der Waals surface area contributed by atoms with Crippen molar-refractivity contribution in [3.8, 4) is 5.75 Å². The average molecular weight is 478 g/mol. The summed E-state index contributed by atoms with van der Waals surface area (Å²) < 4.78 is 0. The van der Waals surface area contributed by atoms with Crippen molar-refractivity contribution in [3.05, 3.63) is 29.3 Å². The summed E-state index contributed by atoms with van der Waals surface area (Å²) in [5.74, 6) is 3.16. The first-order chi connectivity index (χ1) is 14.5. The molecule has 2 saturated carbocycles. The van der Waals surface area contributed by atoms with Crippen molar-refractivity contribution in [1.29, 1.82) is 0 Å². The molecule has 0 aromatic heterocycles. The first-order valence-electron chi connectivity index (χ1n) is 12.6. The number of aromatic hydroxyl groups is 1. The van der Waals surface area contributed by atoms with Crippen molar-refractivity contribution in [3.63, 3.8) is 0 Å². The van der Waals surface area contributed by atoms with E-state index in [1.165, 1.54) is 75.3 Å². The molecule has 2 nitrogen and oxygen atoms in total. The lowest BCUT2D eigenvalue weighted by atomic mass is 9.52. The molecule has 30 heavy (non-hydrogen) atoms. The van der Waals surface area contributed by atoms with Crippen LogP contribution in [0.5, 0.6) is 5.75 Å². The van der Waals surface area contributed by atoms with Crippen molar-refractivity contribution in [2.75, 3.05) is 5.33 Å². The van der Waals surface area contributed by atoms with E-state index in [9.17, 15) is 10.2 Å². The van der Waals surface area contributed by atoms with Gasteiger partial charge in [0.1, 0.15) is 5.75 Å². The summed E-state index contributed by atoms with van der Waals surface area (Å²) in [6, 6.07) is 6.14. The van der Waals surface area contributed by atoms with Crippen molar-refractivity contribution in [2.45, 2.75) is 102 Å². The van der Waals surface area contributed by atoms with Crippen LogP contribution in [0.1, 0.15) is 101 Å². The Hall–Kier alpha value is -0.540. The molecule has 3 heteroatoms. The summed E-state index contributed by atoms with van der Waals surface area (Å²) >= 11 is 3.53. The van der Waals surface area contributed by atoms with Gasteiger partial charge in [0.2, 0.25) is 0 Å². The summed E-state index contributed by atoms with van der Waals surface area (Å²) in [4.78, 5) is 0. The molecule has 1 aromatic rings. The third-order valence-corrected chi connectivity index (χ3v) is 9.60. The molecule has 0 aliphatic heterocycles. The van der Waals surface area contributed by atoms with E-state index in [-0.39, 0.29) is 11.5 Å². The van der Waals surface area contributed by atoms with E-state index in [2.05, 4.69) is 28.9 Å². The largest absolute Gasteiger partial charge is 0.508 e. The molecule has 2 fully saturated rings. The van der Waals surface area contributed by atoms with Crippen LogP contribution in [-0.4, -0.2) is 21.6 Å². The molecule has 0 heterocycles. The fourth-order valence-corrected chi connectivity index (χ4v) is 7.81. The van der Waals surface area contributed by atoms with E-state index < -0.39 is 0 Å². The number of hydrogen-bond donors (Lipinski definition) is 2. The Balaban J connectivity index is 1.43. The first kappa shape index (κ1) is 22.6. The second kappa shape index (κ2) is 9.94. The number of hydrogen-bond acceptors (Lipinski definition) is 2. The lowest BCUT2D eigenvalue weighted by molar-refractivity contribution is -0.0396. The maximum atomic E-state index is 10.8. The van der Waals surface area contributed by atoms with Gasteiger partial charge in [-0.25, -0.2) is 0 Å². The van der Waals surface area contributed by atoms with Gasteiger partial charge in [0.25, 0.3) is 0 Å². The quantitative estimate of drug-likeness (QED) is 0.288. The van der Waals surface area contributed by atoms with Gasteiger partial charge < -0.3 is 10.2 Å². The molecule has 168 valence electrons. The number of aliphatic hydroxyl groups excluding tert-OH is 1. The molecular formula is C27H41BrO2. The Bertz CT molecular complexity index is 704. The minimum Gasteiger partial charge on any atom is -0.508 e. The van der Waals surface area contributed by atoms with Crippen LogP contribution in [0.25, 0.3) is 0 Å².